The fourth-order valence-electron chi connectivity index (χ4n) is 6.18. The minimum atomic E-state index is -0.818. The van der Waals surface area contributed by atoms with Crippen LogP contribution >= 0.6 is 11.8 Å². The molecular weight excluding hydrogens is 476 g/mol. The van der Waals surface area contributed by atoms with E-state index in [9.17, 15) is 14.4 Å². The number of esters is 1. The maximum atomic E-state index is 14.4. The van der Waals surface area contributed by atoms with Crippen LogP contribution < -0.4 is 4.90 Å². The van der Waals surface area contributed by atoms with Gasteiger partial charge >= 0.3 is 5.97 Å². The largest absolute Gasteiger partial charge is 0.461 e. The fraction of sp³-hybridized carbons (Fsp3) is 0.536. The Hall–Kier alpha value is -2.58. The highest BCUT2D eigenvalue weighted by Gasteiger charge is 2.71. The molecule has 0 saturated carbocycles. The van der Waals surface area contributed by atoms with Crippen molar-refractivity contribution < 1.29 is 24.2 Å². The second kappa shape index (κ2) is 10.1. The van der Waals surface area contributed by atoms with Gasteiger partial charge in [-0.25, -0.2) is 0 Å². The summed E-state index contributed by atoms with van der Waals surface area (Å²) < 4.78 is 4.62. The number of cyclic esters (lactones) is 1. The number of aliphatic hydroxyl groups excluding tert-OH is 1. The van der Waals surface area contributed by atoms with Crippen LogP contribution in [0.3, 0.4) is 0 Å². The number of thioether (sulfide) groups is 1. The Morgan fingerprint density at radius 1 is 1.08 bits per heavy atom. The molecule has 8 heteroatoms. The van der Waals surface area contributed by atoms with Crippen molar-refractivity contribution in [2.75, 3.05) is 31.2 Å². The number of rotatable bonds is 7. The van der Waals surface area contributed by atoms with Crippen molar-refractivity contribution in [3.05, 3.63) is 53.6 Å². The summed E-state index contributed by atoms with van der Waals surface area (Å²) in [5, 5.41) is 8.91. The van der Waals surface area contributed by atoms with Crippen molar-refractivity contribution >= 4 is 35.2 Å². The SMILES string of the molecule is Cc1ccc(C)c(N2CC=C[C@]34S[C@H]5C=CCOC(=O)[C@H]5[C@H]3C(=O)N(CCCCCCO)C4C2=O)c1. The van der Waals surface area contributed by atoms with Gasteiger partial charge in [0.1, 0.15) is 12.6 Å². The molecule has 0 aromatic heterocycles. The van der Waals surface area contributed by atoms with Crippen molar-refractivity contribution in [1.29, 1.82) is 0 Å². The van der Waals surface area contributed by atoms with Crippen LogP contribution in [-0.4, -0.2) is 70.1 Å². The lowest BCUT2D eigenvalue weighted by Crippen LogP contribution is -2.53. The number of ether oxygens (including phenoxy) is 1. The summed E-state index contributed by atoms with van der Waals surface area (Å²) in [6.07, 6.45) is 11.1. The monoisotopic (exact) mass is 510 g/mol. The van der Waals surface area contributed by atoms with Crippen LogP contribution in [0.15, 0.2) is 42.5 Å². The highest BCUT2D eigenvalue weighted by molar-refractivity contribution is 8.02. The quantitative estimate of drug-likeness (QED) is 0.345. The zero-order valence-electron chi connectivity index (χ0n) is 20.9. The Kier molecular flexibility index (Phi) is 7.01. The average molecular weight is 511 g/mol. The number of benzene rings is 1. The van der Waals surface area contributed by atoms with Gasteiger partial charge in [-0.2, -0.15) is 0 Å². The molecule has 0 radical (unpaired) electrons. The molecule has 2 fully saturated rings. The molecule has 5 atom stereocenters. The van der Waals surface area contributed by atoms with E-state index in [0.29, 0.717) is 13.1 Å². The van der Waals surface area contributed by atoms with Gasteiger partial charge in [-0.05, 0) is 43.9 Å². The molecule has 2 saturated heterocycles. The van der Waals surface area contributed by atoms with Gasteiger partial charge in [-0.1, -0.05) is 49.3 Å². The van der Waals surface area contributed by atoms with Crippen LogP contribution in [0, 0.1) is 25.7 Å². The minimum Gasteiger partial charge on any atom is -0.461 e. The van der Waals surface area contributed by atoms with E-state index in [1.54, 1.807) is 21.6 Å². The zero-order valence-corrected chi connectivity index (χ0v) is 21.7. The molecule has 1 N–H and O–H groups in total. The Morgan fingerprint density at radius 2 is 1.89 bits per heavy atom. The Bertz CT molecular complexity index is 1120. The smallest absolute Gasteiger partial charge is 0.311 e. The maximum Gasteiger partial charge on any atom is 0.311 e. The van der Waals surface area contributed by atoms with Gasteiger partial charge in [-0.15, -0.1) is 11.8 Å². The predicted octanol–water partition coefficient (Wildman–Crippen LogP) is 3.17. The van der Waals surface area contributed by atoms with Crippen LogP contribution in [0.5, 0.6) is 0 Å². The number of hydrogen-bond donors (Lipinski definition) is 1. The first kappa shape index (κ1) is 25.1. The predicted molar refractivity (Wildman–Crippen MR) is 140 cm³/mol. The molecule has 2 amide bonds. The van der Waals surface area contributed by atoms with E-state index in [-0.39, 0.29) is 36.2 Å². The second-order valence-electron chi connectivity index (χ2n) is 10.2. The number of carbonyl (C=O) groups is 3. The van der Waals surface area contributed by atoms with Crippen molar-refractivity contribution in [1.82, 2.24) is 4.90 Å². The molecule has 4 aliphatic heterocycles. The molecule has 1 aromatic carbocycles. The van der Waals surface area contributed by atoms with Gasteiger partial charge in [0.2, 0.25) is 5.91 Å². The summed E-state index contributed by atoms with van der Waals surface area (Å²) in [7, 11) is 0. The molecule has 192 valence electrons. The lowest BCUT2D eigenvalue weighted by molar-refractivity contribution is -0.151. The number of amides is 2. The number of nitrogens with zero attached hydrogens (tertiary/aromatic N) is 2. The second-order valence-corrected chi connectivity index (χ2v) is 11.7. The number of anilines is 1. The highest BCUT2D eigenvalue weighted by atomic mass is 32.2. The van der Waals surface area contributed by atoms with Gasteiger partial charge < -0.3 is 19.6 Å². The summed E-state index contributed by atoms with van der Waals surface area (Å²) in [6.45, 7) is 5.25. The molecular formula is C28H34N2O5S. The third kappa shape index (κ3) is 4.08. The average Bonchev–Trinajstić information content (AvgIpc) is 3.15. The van der Waals surface area contributed by atoms with Crippen molar-refractivity contribution in [3.63, 3.8) is 0 Å². The van der Waals surface area contributed by atoms with Gasteiger partial charge in [0.05, 0.1) is 16.6 Å². The van der Waals surface area contributed by atoms with Crippen LogP contribution in [0.25, 0.3) is 0 Å². The first-order valence-corrected chi connectivity index (χ1v) is 13.8. The van der Waals surface area contributed by atoms with E-state index in [2.05, 4.69) is 0 Å². The van der Waals surface area contributed by atoms with Crippen LogP contribution in [0.4, 0.5) is 5.69 Å². The number of unbranched alkanes of at least 4 members (excludes halogenated alkanes) is 3. The van der Waals surface area contributed by atoms with E-state index in [0.717, 1.165) is 42.5 Å². The van der Waals surface area contributed by atoms with Gasteiger partial charge in [0.25, 0.3) is 5.91 Å². The van der Waals surface area contributed by atoms with Crippen molar-refractivity contribution in [3.8, 4) is 0 Å². The molecule has 5 rings (SSSR count). The van der Waals surface area contributed by atoms with E-state index in [1.807, 2.05) is 56.4 Å². The minimum absolute atomic E-state index is 0.0961. The Labute approximate surface area is 216 Å². The highest BCUT2D eigenvalue weighted by Crippen LogP contribution is 2.61. The van der Waals surface area contributed by atoms with Gasteiger partial charge in [-0.3, -0.25) is 14.4 Å². The zero-order chi connectivity index (χ0) is 25.4. The lowest BCUT2D eigenvalue weighted by Gasteiger charge is -2.35. The van der Waals surface area contributed by atoms with Crippen LogP contribution in [-0.2, 0) is 19.1 Å². The molecule has 1 spiro atoms. The molecule has 7 nitrogen and oxygen atoms in total. The molecule has 4 heterocycles. The summed E-state index contributed by atoms with van der Waals surface area (Å²) in [4.78, 5) is 45.0. The first-order chi connectivity index (χ1) is 17.4. The third-order valence-electron chi connectivity index (χ3n) is 7.88. The van der Waals surface area contributed by atoms with E-state index in [4.69, 9.17) is 9.84 Å². The summed E-state index contributed by atoms with van der Waals surface area (Å²) in [6, 6.07) is 5.39. The number of aliphatic hydroxyl groups is 1. The first-order valence-electron chi connectivity index (χ1n) is 12.9. The van der Waals surface area contributed by atoms with Gasteiger partial charge in [0.15, 0.2) is 0 Å². The van der Waals surface area contributed by atoms with Crippen molar-refractivity contribution in [2.24, 2.45) is 11.8 Å². The Balaban J connectivity index is 1.55. The Morgan fingerprint density at radius 3 is 2.69 bits per heavy atom. The maximum absolute atomic E-state index is 14.4. The standard InChI is InChI=1S/C28H34N2O5S/c1-18-10-11-19(2)20(17-18)29-14-8-12-28-23(22-21(36-28)9-7-16-35-27(22)34)25(32)30(24(28)26(29)33)13-5-3-4-6-15-31/h7-12,17,21-24,31H,3-6,13-16H2,1-2H3/t21-,22+,23-,24?,28-/m0/s1. The molecule has 36 heavy (non-hydrogen) atoms. The normalized spacial score (nSPS) is 31.1. The number of likely N-dealkylation sites (tertiary alicyclic amines) is 1. The summed E-state index contributed by atoms with van der Waals surface area (Å²) in [5.41, 5.74) is 2.93. The number of aryl methyl sites for hydroxylation is 2. The van der Waals surface area contributed by atoms with E-state index < -0.39 is 22.6 Å². The van der Waals surface area contributed by atoms with Crippen LogP contribution in [0.1, 0.15) is 36.8 Å². The summed E-state index contributed by atoms with van der Waals surface area (Å²) >= 11 is 1.57. The van der Waals surface area contributed by atoms with E-state index in [1.165, 1.54) is 0 Å². The van der Waals surface area contributed by atoms with Crippen LogP contribution in [0.2, 0.25) is 0 Å². The topological polar surface area (TPSA) is 87.2 Å². The molecule has 0 bridgehead atoms. The molecule has 4 aliphatic rings. The van der Waals surface area contributed by atoms with E-state index >= 15 is 0 Å². The van der Waals surface area contributed by atoms with Gasteiger partial charge in [0, 0.05) is 30.6 Å². The molecule has 0 aliphatic carbocycles. The number of carbonyl (C=O) groups excluding carboxylic acids is 3. The fourth-order valence-corrected chi connectivity index (χ4v) is 8.18. The molecule has 1 unspecified atom stereocenters. The summed E-state index contributed by atoms with van der Waals surface area (Å²) in [5.74, 6) is -1.82. The number of fused-ring (bicyclic) bond motifs is 2. The number of hydrogen-bond acceptors (Lipinski definition) is 6. The lowest BCUT2D eigenvalue weighted by atomic mass is 9.78. The third-order valence-corrected chi connectivity index (χ3v) is 9.62. The molecule has 1 aromatic rings. The van der Waals surface area contributed by atoms with Crippen molar-refractivity contribution in [2.45, 2.75) is 55.6 Å².